The Morgan fingerprint density at radius 2 is 1.92 bits per heavy atom. The number of amides is 1. The van der Waals surface area contributed by atoms with Gasteiger partial charge in [-0.25, -0.2) is 4.98 Å². The number of para-hydroxylation sites is 1. The number of fused-ring (bicyclic) bond motifs is 2. The predicted octanol–water partition coefficient (Wildman–Crippen LogP) is 3.80. The third kappa shape index (κ3) is 3.80. The molecule has 0 spiro atoms. The molecular formula is C21H25N3O. The lowest BCUT2D eigenvalue weighted by molar-refractivity contribution is 0.0952. The van der Waals surface area contributed by atoms with Crippen LogP contribution in [0.1, 0.15) is 35.7 Å². The number of benzene rings is 2. The van der Waals surface area contributed by atoms with Gasteiger partial charge in [-0.1, -0.05) is 32.0 Å². The van der Waals surface area contributed by atoms with Crippen LogP contribution in [0.4, 0.5) is 0 Å². The molecule has 1 amide bonds. The summed E-state index contributed by atoms with van der Waals surface area (Å²) < 4.78 is 0. The zero-order valence-corrected chi connectivity index (χ0v) is 15.3. The Bertz CT molecular complexity index is 916. The predicted molar refractivity (Wildman–Crippen MR) is 104 cm³/mol. The van der Waals surface area contributed by atoms with Gasteiger partial charge >= 0.3 is 0 Å². The molecule has 0 saturated heterocycles. The van der Waals surface area contributed by atoms with Crippen molar-refractivity contribution in [3.05, 3.63) is 53.6 Å². The molecule has 0 atom stereocenters. The molecule has 1 heterocycles. The summed E-state index contributed by atoms with van der Waals surface area (Å²) in [6.45, 7) is 5.80. The van der Waals surface area contributed by atoms with E-state index >= 15 is 0 Å². The summed E-state index contributed by atoms with van der Waals surface area (Å²) in [6.07, 6.45) is 0. The first kappa shape index (κ1) is 17.4. The van der Waals surface area contributed by atoms with Crippen LogP contribution in [0, 0.1) is 0 Å². The number of nitrogens with one attached hydrogen (secondary N) is 1. The maximum atomic E-state index is 12.6. The van der Waals surface area contributed by atoms with E-state index in [1.54, 1.807) is 0 Å². The van der Waals surface area contributed by atoms with Crippen LogP contribution in [0.15, 0.2) is 42.5 Å². The number of carbonyl (C=O) groups excluding carboxylic acids is 1. The summed E-state index contributed by atoms with van der Waals surface area (Å²) in [5, 5.41) is 5.08. The first-order valence-electron chi connectivity index (χ1n) is 8.72. The van der Waals surface area contributed by atoms with Crippen molar-refractivity contribution in [2.75, 3.05) is 27.2 Å². The minimum Gasteiger partial charge on any atom is -0.351 e. The molecule has 0 bridgehead atoms. The lowest BCUT2D eigenvalue weighted by Gasteiger charge is -2.12. The molecule has 4 nitrogen and oxygen atoms in total. The third-order valence-corrected chi connectivity index (χ3v) is 4.42. The molecule has 0 unspecified atom stereocenters. The summed E-state index contributed by atoms with van der Waals surface area (Å²) in [4.78, 5) is 19.4. The van der Waals surface area contributed by atoms with Gasteiger partial charge in [-0.05, 0) is 49.8 Å². The minimum absolute atomic E-state index is 0.0712. The van der Waals surface area contributed by atoms with Gasteiger partial charge in [-0.15, -0.1) is 0 Å². The second kappa shape index (κ2) is 7.19. The summed E-state index contributed by atoms with van der Waals surface area (Å²) in [5.74, 6) is 0.409. The standard InChI is InChI=1S/C21H25N3O/c1-14(2)15-8-9-19-17(12-15)13-16-6-5-7-18(20(16)23-19)21(25)22-10-11-24(3)4/h5-9,12-14H,10-11H2,1-4H3,(H,22,25). The van der Waals surface area contributed by atoms with Crippen molar-refractivity contribution in [1.29, 1.82) is 0 Å². The van der Waals surface area contributed by atoms with Crippen molar-refractivity contribution in [2.45, 2.75) is 19.8 Å². The van der Waals surface area contributed by atoms with Gasteiger partial charge in [-0.3, -0.25) is 4.79 Å². The smallest absolute Gasteiger partial charge is 0.253 e. The minimum atomic E-state index is -0.0712. The van der Waals surface area contributed by atoms with Gasteiger partial charge in [0.25, 0.3) is 5.91 Å². The van der Waals surface area contributed by atoms with Gasteiger partial charge in [0.15, 0.2) is 0 Å². The number of rotatable bonds is 5. The number of aromatic nitrogens is 1. The Morgan fingerprint density at radius 1 is 1.12 bits per heavy atom. The highest BCUT2D eigenvalue weighted by molar-refractivity contribution is 6.07. The van der Waals surface area contributed by atoms with E-state index in [0.717, 1.165) is 28.4 Å². The van der Waals surface area contributed by atoms with E-state index in [0.29, 0.717) is 18.0 Å². The lowest BCUT2D eigenvalue weighted by Crippen LogP contribution is -2.31. The Balaban J connectivity index is 2.00. The second-order valence-electron chi connectivity index (χ2n) is 7.03. The molecule has 0 saturated carbocycles. The molecule has 0 aliphatic carbocycles. The maximum absolute atomic E-state index is 12.6. The van der Waals surface area contributed by atoms with Gasteiger partial charge in [0.05, 0.1) is 16.6 Å². The quantitative estimate of drug-likeness (QED) is 0.721. The summed E-state index contributed by atoms with van der Waals surface area (Å²) in [5.41, 5.74) is 3.61. The van der Waals surface area contributed by atoms with E-state index in [9.17, 15) is 4.79 Å². The molecule has 0 aliphatic heterocycles. The van der Waals surface area contributed by atoms with Crippen molar-refractivity contribution in [1.82, 2.24) is 15.2 Å². The third-order valence-electron chi connectivity index (χ3n) is 4.42. The Hall–Kier alpha value is -2.46. The fourth-order valence-electron chi connectivity index (χ4n) is 2.91. The number of likely N-dealkylation sites (N-methyl/N-ethyl adjacent to an activating group) is 1. The summed E-state index contributed by atoms with van der Waals surface area (Å²) >= 11 is 0. The van der Waals surface area contributed by atoms with Crippen molar-refractivity contribution >= 4 is 27.7 Å². The van der Waals surface area contributed by atoms with E-state index in [4.69, 9.17) is 4.98 Å². The molecule has 130 valence electrons. The molecule has 3 rings (SSSR count). The van der Waals surface area contributed by atoms with E-state index in [-0.39, 0.29) is 5.91 Å². The molecule has 4 heteroatoms. The molecule has 25 heavy (non-hydrogen) atoms. The average Bonchev–Trinajstić information content (AvgIpc) is 2.58. The SMILES string of the molecule is CC(C)c1ccc2nc3c(C(=O)NCCN(C)C)cccc3cc2c1. The molecule has 1 aromatic heterocycles. The van der Waals surface area contributed by atoms with E-state index < -0.39 is 0 Å². The van der Waals surface area contributed by atoms with E-state index in [2.05, 4.69) is 37.4 Å². The zero-order chi connectivity index (χ0) is 18.0. The highest BCUT2D eigenvalue weighted by atomic mass is 16.1. The monoisotopic (exact) mass is 335 g/mol. The fraction of sp³-hybridized carbons (Fsp3) is 0.333. The van der Waals surface area contributed by atoms with Crippen LogP contribution in [0.2, 0.25) is 0 Å². The Labute approximate surface area is 148 Å². The Kier molecular flexibility index (Phi) is 5.00. The van der Waals surface area contributed by atoms with Crippen LogP contribution in [-0.4, -0.2) is 43.0 Å². The fourth-order valence-corrected chi connectivity index (χ4v) is 2.91. The van der Waals surface area contributed by atoms with E-state index in [1.165, 1.54) is 5.56 Å². The number of hydrogen-bond acceptors (Lipinski definition) is 3. The number of hydrogen-bond donors (Lipinski definition) is 1. The van der Waals surface area contributed by atoms with Crippen molar-refractivity contribution < 1.29 is 4.79 Å². The van der Waals surface area contributed by atoms with Crippen LogP contribution in [0.5, 0.6) is 0 Å². The van der Waals surface area contributed by atoms with E-state index in [1.807, 2.05) is 43.3 Å². The van der Waals surface area contributed by atoms with Crippen LogP contribution in [-0.2, 0) is 0 Å². The normalized spacial score (nSPS) is 11.6. The number of pyridine rings is 1. The van der Waals surface area contributed by atoms with Gasteiger partial charge in [0, 0.05) is 23.9 Å². The summed E-state index contributed by atoms with van der Waals surface area (Å²) in [7, 11) is 3.98. The topological polar surface area (TPSA) is 45.2 Å². The lowest BCUT2D eigenvalue weighted by atomic mass is 10.00. The van der Waals surface area contributed by atoms with Crippen molar-refractivity contribution in [3.8, 4) is 0 Å². The molecule has 1 N–H and O–H groups in total. The van der Waals surface area contributed by atoms with Crippen LogP contribution < -0.4 is 5.32 Å². The van der Waals surface area contributed by atoms with Crippen LogP contribution >= 0.6 is 0 Å². The first-order valence-corrected chi connectivity index (χ1v) is 8.72. The largest absolute Gasteiger partial charge is 0.351 e. The van der Waals surface area contributed by atoms with Gasteiger partial charge in [-0.2, -0.15) is 0 Å². The average molecular weight is 335 g/mol. The Morgan fingerprint density at radius 3 is 2.64 bits per heavy atom. The number of carbonyl (C=O) groups is 1. The molecule has 0 fully saturated rings. The van der Waals surface area contributed by atoms with Crippen LogP contribution in [0.25, 0.3) is 21.8 Å². The molecule has 2 aromatic carbocycles. The zero-order valence-electron chi connectivity index (χ0n) is 15.3. The summed E-state index contributed by atoms with van der Waals surface area (Å²) in [6, 6.07) is 14.3. The first-order chi connectivity index (χ1) is 12.0. The maximum Gasteiger partial charge on any atom is 0.253 e. The highest BCUT2D eigenvalue weighted by Crippen LogP contribution is 2.25. The second-order valence-corrected chi connectivity index (χ2v) is 7.03. The molecular weight excluding hydrogens is 310 g/mol. The van der Waals surface area contributed by atoms with Gasteiger partial charge < -0.3 is 10.2 Å². The van der Waals surface area contributed by atoms with Gasteiger partial charge in [0.1, 0.15) is 0 Å². The van der Waals surface area contributed by atoms with Crippen molar-refractivity contribution in [2.24, 2.45) is 0 Å². The molecule has 0 aliphatic rings. The molecule has 0 radical (unpaired) electrons. The van der Waals surface area contributed by atoms with Crippen LogP contribution in [0.3, 0.4) is 0 Å². The number of nitrogens with zero attached hydrogens (tertiary/aromatic N) is 2. The van der Waals surface area contributed by atoms with Crippen molar-refractivity contribution in [3.63, 3.8) is 0 Å². The highest BCUT2D eigenvalue weighted by Gasteiger charge is 2.12. The van der Waals surface area contributed by atoms with Gasteiger partial charge in [0.2, 0.25) is 0 Å². The molecule has 3 aromatic rings.